The highest BCUT2D eigenvalue weighted by Crippen LogP contribution is 2.27. The van der Waals surface area contributed by atoms with Crippen molar-refractivity contribution in [3.05, 3.63) is 29.3 Å². The molecule has 1 aromatic rings. The van der Waals surface area contributed by atoms with E-state index in [1.54, 1.807) is 6.07 Å². The number of hydrogen-bond donors (Lipinski definition) is 0. The van der Waals surface area contributed by atoms with Crippen LogP contribution in [-0.2, 0) is 4.43 Å². The maximum Gasteiger partial charge on any atom is 0.328 e. The molecule has 0 fully saturated rings. The summed E-state index contributed by atoms with van der Waals surface area (Å²) in [6.45, 7) is 14.3. The van der Waals surface area contributed by atoms with Gasteiger partial charge in [0, 0.05) is 0 Å². The van der Waals surface area contributed by atoms with Crippen molar-refractivity contribution >= 4 is 22.6 Å². The first-order valence-electron chi connectivity index (χ1n) is 6.51. The average molecular weight is 297 g/mol. The molecule has 1 rings (SSSR count). The fraction of sp³-hybridized carbons (Fsp3) is 0.500. The minimum absolute atomic E-state index is 0.267. The van der Waals surface area contributed by atoms with Gasteiger partial charge in [-0.25, -0.2) is 4.79 Å². The Morgan fingerprint density at radius 3 is 2.05 bits per heavy atom. The molecule has 0 aliphatic carbocycles. The summed E-state index contributed by atoms with van der Waals surface area (Å²) in [5.74, 6) is 0.418. The quantitative estimate of drug-likeness (QED) is 0.781. The van der Waals surface area contributed by atoms with Gasteiger partial charge in [-0.1, -0.05) is 12.1 Å². The van der Waals surface area contributed by atoms with Crippen molar-refractivity contribution in [2.24, 2.45) is 0 Å². The van der Waals surface area contributed by atoms with E-state index in [1.807, 2.05) is 38.7 Å². The second-order valence-corrected chi connectivity index (χ2v) is 15.5. The van der Waals surface area contributed by atoms with Gasteiger partial charge in [0.1, 0.15) is 5.75 Å². The summed E-state index contributed by atoms with van der Waals surface area (Å²) in [5.41, 5.74) is 1.53. The van der Waals surface area contributed by atoms with Crippen LogP contribution in [-0.4, -0.2) is 22.6 Å². The summed E-state index contributed by atoms with van der Waals surface area (Å²) in [6.07, 6.45) is 0. The standard InChI is InChI=1S/C14H24O3Si2/c1-11-9-8-10-12(13(11)16-18(2,3)4)14(15)17-19(5,6)7/h8-10H,1-7H3. The Kier molecular flexibility index (Phi) is 4.63. The molecular weight excluding hydrogens is 272 g/mol. The Labute approximate surface area is 118 Å². The molecule has 19 heavy (non-hydrogen) atoms. The molecule has 1 aromatic carbocycles. The lowest BCUT2D eigenvalue weighted by Crippen LogP contribution is -2.32. The van der Waals surface area contributed by atoms with Crippen LogP contribution in [0.5, 0.6) is 5.75 Å². The van der Waals surface area contributed by atoms with Crippen molar-refractivity contribution in [2.75, 3.05) is 0 Å². The average Bonchev–Trinajstić information content (AvgIpc) is 2.16. The van der Waals surface area contributed by atoms with Gasteiger partial charge in [-0.15, -0.1) is 0 Å². The molecule has 0 spiro atoms. The molecular formula is C14H24O3Si2. The zero-order valence-electron chi connectivity index (χ0n) is 13.0. The number of carbonyl (C=O) groups is 1. The van der Waals surface area contributed by atoms with Gasteiger partial charge >= 0.3 is 5.97 Å². The molecule has 106 valence electrons. The Morgan fingerprint density at radius 2 is 1.58 bits per heavy atom. The minimum Gasteiger partial charge on any atom is -0.544 e. The molecule has 0 heterocycles. The molecule has 0 saturated heterocycles. The van der Waals surface area contributed by atoms with Gasteiger partial charge in [0.2, 0.25) is 16.6 Å². The third kappa shape index (κ3) is 5.20. The molecule has 0 unspecified atom stereocenters. The highest BCUT2D eigenvalue weighted by molar-refractivity contribution is 6.71. The predicted molar refractivity (Wildman–Crippen MR) is 83.9 cm³/mol. The number of hydrogen-bond acceptors (Lipinski definition) is 3. The van der Waals surface area contributed by atoms with Crippen LogP contribution in [0.1, 0.15) is 15.9 Å². The van der Waals surface area contributed by atoms with Crippen LogP contribution in [0.25, 0.3) is 0 Å². The van der Waals surface area contributed by atoms with E-state index in [0.717, 1.165) is 5.56 Å². The summed E-state index contributed by atoms with van der Waals surface area (Å²) in [7, 11) is -3.66. The van der Waals surface area contributed by atoms with Crippen LogP contribution in [0, 0.1) is 6.92 Å². The number of para-hydroxylation sites is 1. The fourth-order valence-electron chi connectivity index (χ4n) is 1.59. The highest BCUT2D eigenvalue weighted by atomic mass is 28.4. The van der Waals surface area contributed by atoms with Crippen LogP contribution >= 0.6 is 0 Å². The minimum atomic E-state index is -1.90. The van der Waals surface area contributed by atoms with E-state index in [0.29, 0.717) is 11.3 Å². The topological polar surface area (TPSA) is 35.5 Å². The van der Waals surface area contributed by atoms with Crippen LogP contribution in [0.3, 0.4) is 0 Å². The Morgan fingerprint density at radius 1 is 1.00 bits per heavy atom. The van der Waals surface area contributed by atoms with Gasteiger partial charge < -0.3 is 8.85 Å². The molecule has 0 N–H and O–H groups in total. The zero-order chi connectivity index (χ0) is 14.8. The highest BCUT2D eigenvalue weighted by Gasteiger charge is 2.26. The summed E-state index contributed by atoms with van der Waals surface area (Å²) >= 11 is 0. The van der Waals surface area contributed by atoms with Crippen molar-refractivity contribution in [2.45, 2.75) is 46.2 Å². The second-order valence-electron chi connectivity index (χ2n) is 6.67. The van der Waals surface area contributed by atoms with Crippen LogP contribution in [0.2, 0.25) is 39.3 Å². The molecule has 3 nitrogen and oxygen atoms in total. The summed E-state index contributed by atoms with van der Waals surface area (Å²) in [4.78, 5) is 12.3. The Hall–Kier alpha value is -1.08. The van der Waals surface area contributed by atoms with Crippen molar-refractivity contribution in [3.8, 4) is 5.75 Å². The third-order valence-electron chi connectivity index (χ3n) is 2.24. The van der Waals surface area contributed by atoms with Crippen LogP contribution < -0.4 is 4.43 Å². The zero-order valence-corrected chi connectivity index (χ0v) is 15.0. The van der Waals surface area contributed by atoms with Crippen molar-refractivity contribution < 1.29 is 13.6 Å². The van der Waals surface area contributed by atoms with Gasteiger partial charge in [0.15, 0.2) is 0 Å². The van der Waals surface area contributed by atoms with Crippen molar-refractivity contribution in [1.82, 2.24) is 0 Å². The van der Waals surface area contributed by atoms with E-state index >= 15 is 0 Å². The summed E-state index contributed by atoms with van der Waals surface area (Å²) in [5, 5.41) is 0. The number of rotatable bonds is 4. The van der Waals surface area contributed by atoms with Crippen molar-refractivity contribution in [1.29, 1.82) is 0 Å². The number of carbonyl (C=O) groups excluding carboxylic acids is 1. The molecule has 0 radical (unpaired) electrons. The summed E-state index contributed by atoms with van der Waals surface area (Å²) in [6, 6.07) is 5.61. The first kappa shape index (κ1) is 16.0. The van der Waals surface area contributed by atoms with E-state index in [1.165, 1.54) is 0 Å². The first-order chi connectivity index (χ1) is 8.49. The van der Waals surface area contributed by atoms with Crippen LogP contribution in [0.4, 0.5) is 0 Å². The Balaban J connectivity index is 3.14. The molecule has 0 amide bonds. The smallest absolute Gasteiger partial charge is 0.328 e. The van der Waals surface area contributed by atoms with Gasteiger partial charge in [-0.05, 0) is 57.8 Å². The maximum atomic E-state index is 12.3. The molecule has 0 atom stereocenters. The van der Waals surface area contributed by atoms with Crippen LogP contribution in [0.15, 0.2) is 18.2 Å². The SMILES string of the molecule is Cc1cccc(C(=O)O[Si](C)(C)C)c1O[Si](C)(C)C. The molecule has 0 aromatic heterocycles. The van der Waals surface area contributed by atoms with E-state index in [9.17, 15) is 4.79 Å². The normalized spacial score (nSPS) is 12.2. The number of benzene rings is 1. The van der Waals surface area contributed by atoms with E-state index in [-0.39, 0.29) is 5.97 Å². The lowest BCUT2D eigenvalue weighted by atomic mass is 10.1. The van der Waals surface area contributed by atoms with Crippen molar-refractivity contribution in [3.63, 3.8) is 0 Å². The molecule has 5 heteroatoms. The van der Waals surface area contributed by atoms with Gasteiger partial charge in [0.25, 0.3) is 0 Å². The monoisotopic (exact) mass is 296 g/mol. The van der Waals surface area contributed by atoms with E-state index in [4.69, 9.17) is 8.85 Å². The van der Waals surface area contributed by atoms with Gasteiger partial charge in [0.05, 0.1) is 5.56 Å². The lowest BCUT2D eigenvalue weighted by molar-refractivity contribution is 0.0722. The number of aryl methyl sites for hydroxylation is 1. The van der Waals surface area contributed by atoms with Gasteiger partial charge in [-0.3, -0.25) is 0 Å². The predicted octanol–water partition coefficient (Wildman–Crippen LogP) is 4.20. The molecule has 0 aliphatic heterocycles. The molecule has 0 bridgehead atoms. The molecule has 0 saturated carbocycles. The lowest BCUT2D eigenvalue weighted by Gasteiger charge is -2.24. The third-order valence-corrected chi connectivity index (χ3v) is 3.85. The van der Waals surface area contributed by atoms with E-state index in [2.05, 4.69) is 19.6 Å². The largest absolute Gasteiger partial charge is 0.544 e. The maximum absolute atomic E-state index is 12.3. The first-order valence-corrected chi connectivity index (χ1v) is 13.3. The van der Waals surface area contributed by atoms with E-state index < -0.39 is 16.6 Å². The summed E-state index contributed by atoms with van der Waals surface area (Å²) < 4.78 is 11.6. The Bertz CT molecular complexity index is 471. The second kappa shape index (κ2) is 5.50. The van der Waals surface area contributed by atoms with Gasteiger partial charge in [-0.2, -0.15) is 0 Å². The molecule has 0 aliphatic rings. The fourth-order valence-corrected chi connectivity index (χ4v) is 3.14.